The Morgan fingerprint density at radius 1 is 0.931 bits per heavy atom. The van der Waals surface area contributed by atoms with Gasteiger partial charge in [0.1, 0.15) is 11.8 Å². The summed E-state index contributed by atoms with van der Waals surface area (Å²) in [6.07, 6.45) is 2.07. The predicted molar refractivity (Wildman–Crippen MR) is 115 cm³/mol. The molecule has 0 saturated carbocycles. The van der Waals surface area contributed by atoms with Crippen LogP contribution in [0.2, 0.25) is 0 Å². The number of fused-ring (bicyclic) bond motifs is 1. The summed E-state index contributed by atoms with van der Waals surface area (Å²) in [5.74, 6) is -2.92. The molecule has 8 heteroatoms. The molecule has 1 aromatic rings. The fourth-order valence-corrected chi connectivity index (χ4v) is 5.52. The lowest BCUT2D eigenvalue weighted by Gasteiger charge is -2.23. The quantitative estimate of drug-likeness (QED) is 0.574. The topological polar surface area (TPSA) is 95.5 Å². The first-order chi connectivity index (χ1) is 13.9. The van der Waals surface area contributed by atoms with E-state index in [4.69, 9.17) is 24.4 Å². The highest BCUT2D eigenvalue weighted by atomic mass is 32.1. The lowest BCUT2D eigenvalue weighted by Crippen LogP contribution is -2.49. The average Bonchev–Trinajstić information content (AvgIpc) is 3.36. The molecule has 0 amide bonds. The molecule has 1 aromatic carbocycles. The van der Waals surface area contributed by atoms with E-state index >= 15 is 0 Å². The van der Waals surface area contributed by atoms with E-state index in [9.17, 15) is 19.5 Å². The van der Waals surface area contributed by atoms with Crippen LogP contribution in [0.1, 0.15) is 17.5 Å². The lowest BCUT2D eigenvalue weighted by molar-refractivity contribution is -0.142. The van der Waals surface area contributed by atoms with Crippen LogP contribution in [0.3, 0.4) is 0 Å². The molecule has 29 heavy (non-hydrogen) atoms. The fraction of sp³-hybridized carbons (Fsp3) is 0.476. The molecule has 0 spiro atoms. The zero-order valence-electron chi connectivity index (χ0n) is 15.7. The second-order valence-electron chi connectivity index (χ2n) is 8.06. The summed E-state index contributed by atoms with van der Waals surface area (Å²) >= 11 is 10.7. The molecular formula is C21H22N2O4S2. The van der Waals surface area contributed by atoms with Gasteiger partial charge in [-0.2, -0.15) is 0 Å². The molecule has 6 nitrogen and oxygen atoms in total. The lowest BCUT2D eigenvalue weighted by atomic mass is 9.82. The highest BCUT2D eigenvalue weighted by Gasteiger charge is 2.49. The Balaban J connectivity index is 1.48. The maximum atomic E-state index is 13.2. The van der Waals surface area contributed by atoms with Crippen molar-refractivity contribution in [3.05, 3.63) is 35.4 Å². The van der Waals surface area contributed by atoms with E-state index in [1.54, 1.807) is 0 Å². The zero-order valence-corrected chi connectivity index (χ0v) is 17.4. The third-order valence-electron chi connectivity index (χ3n) is 6.20. The van der Waals surface area contributed by atoms with Crippen LogP contribution >= 0.6 is 24.4 Å². The molecule has 0 aromatic heterocycles. The smallest absolute Gasteiger partial charge is 0.321 e. The number of benzene rings is 1. The van der Waals surface area contributed by atoms with Crippen LogP contribution < -0.4 is 10.6 Å². The molecule has 0 radical (unpaired) electrons. The number of carbonyl (C=O) groups excluding carboxylic acids is 2. The van der Waals surface area contributed by atoms with Gasteiger partial charge in [-0.1, -0.05) is 48.7 Å². The SMILES string of the molecule is O=C(CC1Cc2ccccc2C1)C1C(=S)CN[C@@H]1C(=O)C1C(=S)CN[C@@H]1C(=O)O. The molecule has 2 heterocycles. The summed E-state index contributed by atoms with van der Waals surface area (Å²) in [6.45, 7) is 0.510. The molecule has 0 bridgehead atoms. The normalized spacial score (nSPS) is 29.2. The minimum absolute atomic E-state index is 0.0418. The molecule has 3 aliphatic rings. The van der Waals surface area contributed by atoms with Gasteiger partial charge in [0.05, 0.1) is 17.9 Å². The third-order valence-corrected chi connectivity index (χ3v) is 7.00. The molecule has 4 atom stereocenters. The van der Waals surface area contributed by atoms with E-state index < -0.39 is 29.9 Å². The van der Waals surface area contributed by atoms with Gasteiger partial charge in [0.2, 0.25) is 0 Å². The van der Waals surface area contributed by atoms with Crippen LogP contribution in [0.5, 0.6) is 0 Å². The third kappa shape index (κ3) is 3.82. The number of nitrogens with one attached hydrogen (secondary N) is 2. The zero-order chi connectivity index (χ0) is 20.7. The second-order valence-corrected chi connectivity index (χ2v) is 9.11. The van der Waals surface area contributed by atoms with Crippen molar-refractivity contribution in [1.29, 1.82) is 0 Å². The highest BCUT2D eigenvalue weighted by molar-refractivity contribution is 7.80. The first-order valence-electron chi connectivity index (χ1n) is 9.75. The number of thiocarbonyl (C=S) groups is 2. The highest BCUT2D eigenvalue weighted by Crippen LogP contribution is 2.31. The number of Topliss-reactive ketones (excluding diaryl/α,β-unsaturated/α-hetero) is 2. The van der Waals surface area contributed by atoms with E-state index in [0.717, 1.165) is 12.8 Å². The fourth-order valence-electron chi connectivity index (χ4n) is 4.83. The number of rotatable bonds is 6. The number of carboxylic acid groups (broad SMARTS) is 1. The number of hydrogen-bond acceptors (Lipinski definition) is 7. The van der Waals surface area contributed by atoms with Crippen molar-refractivity contribution in [2.75, 3.05) is 13.1 Å². The number of aliphatic carboxylic acids is 1. The van der Waals surface area contributed by atoms with Crippen molar-refractivity contribution in [2.45, 2.75) is 31.3 Å². The largest absolute Gasteiger partial charge is 0.480 e. The monoisotopic (exact) mass is 430 g/mol. The summed E-state index contributed by atoms with van der Waals surface area (Å²) in [5, 5.41) is 15.2. The van der Waals surface area contributed by atoms with Gasteiger partial charge in [0.15, 0.2) is 5.78 Å². The molecule has 4 rings (SSSR count). The van der Waals surface area contributed by atoms with Crippen molar-refractivity contribution in [1.82, 2.24) is 10.6 Å². The summed E-state index contributed by atoms with van der Waals surface area (Å²) in [7, 11) is 0. The van der Waals surface area contributed by atoms with E-state index in [2.05, 4.69) is 22.8 Å². The van der Waals surface area contributed by atoms with Crippen LogP contribution in [-0.4, -0.2) is 57.5 Å². The Morgan fingerprint density at radius 2 is 1.48 bits per heavy atom. The van der Waals surface area contributed by atoms with Crippen LogP contribution in [0.4, 0.5) is 0 Å². The van der Waals surface area contributed by atoms with Crippen molar-refractivity contribution in [3.63, 3.8) is 0 Å². The average molecular weight is 431 g/mol. The predicted octanol–water partition coefficient (Wildman–Crippen LogP) is 0.930. The summed E-state index contributed by atoms with van der Waals surface area (Å²) < 4.78 is 0. The maximum absolute atomic E-state index is 13.2. The van der Waals surface area contributed by atoms with Gasteiger partial charge in [-0.05, 0) is 29.9 Å². The second kappa shape index (κ2) is 8.10. The standard InChI is InChI=1S/C21H22N2O4S2/c24-13(7-10-5-11-3-1-2-4-12(11)6-10)16-14(28)8-22-18(16)20(25)17-15(29)9-23-19(17)21(26)27/h1-4,10,16-19,22-23H,5-9H2,(H,26,27)/t16?,17?,18-,19-/m0/s1. The van der Waals surface area contributed by atoms with E-state index in [0.29, 0.717) is 22.7 Å². The summed E-state index contributed by atoms with van der Waals surface area (Å²) in [4.78, 5) is 38.7. The first-order valence-corrected chi connectivity index (χ1v) is 10.6. The molecule has 2 saturated heterocycles. The Kier molecular flexibility index (Phi) is 5.70. The Labute approximate surface area is 179 Å². The van der Waals surface area contributed by atoms with E-state index in [1.807, 2.05) is 12.1 Å². The van der Waals surface area contributed by atoms with Crippen molar-refractivity contribution in [3.8, 4) is 0 Å². The van der Waals surface area contributed by atoms with Crippen LogP contribution in [0.25, 0.3) is 0 Å². The molecule has 2 fully saturated rings. The molecule has 1 aliphatic carbocycles. The van der Waals surface area contributed by atoms with Gasteiger partial charge in [-0.25, -0.2) is 0 Å². The summed E-state index contributed by atoms with van der Waals surface area (Å²) in [5.41, 5.74) is 2.55. The Morgan fingerprint density at radius 3 is 2.07 bits per heavy atom. The number of ketones is 2. The molecule has 2 aliphatic heterocycles. The molecular weight excluding hydrogens is 408 g/mol. The maximum Gasteiger partial charge on any atom is 0.321 e. The minimum Gasteiger partial charge on any atom is -0.480 e. The minimum atomic E-state index is -1.12. The Bertz CT molecular complexity index is 891. The van der Waals surface area contributed by atoms with Gasteiger partial charge in [0, 0.05) is 29.2 Å². The van der Waals surface area contributed by atoms with Crippen molar-refractivity contribution < 1.29 is 19.5 Å². The first kappa shape index (κ1) is 20.4. The van der Waals surface area contributed by atoms with Crippen molar-refractivity contribution >= 4 is 51.7 Å². The van der Waals surface area contributed by atoms with Gasteiger partial charge < -0.3 is 10.4 Å². The molecule has 2 unspecified atom stereocenters. The number of carbonyl (C=O) groups is 3. The van der Waals surface area contributed by atoms with Crippen molar-refractivity contribution in [2.24, 2.45) is 17.8 Å². The molecule has 152 valence electrons. The van der Waals surface area contributed by atoms with Gasteiger partial charge in [-0.15, -0.1) is 0 Å². The van der Waals surface area contributed by atoms with Gasteiger partial charge in [0.25, 0.3) is 0 Å². The van der Waals surface area contributed by atoms with Crippen LogP contribution in [0, 0.1) is 17.8 Å². The molecule has 3 N–H and O–H groups in total. The van der Waals surface area contributed by atoms with E-state index in [1.165, 1.54) is 11.1 Å². The van der Waals surface area contributed by atoms with E-state index in [-0.39, 0.29) is 24.0 Å². The Hall–Kier alpha value is -1.87. The number of hydrogen-bond donors (Lipinski definition) is 3. The van der Waals surface area contributed by atoms with Gasteiger partial charge in [-0.3, -0.25) is 19.7 Å². The van der Waals surface area contributed by atoms with Crippen LogP contribution in [-0.2, 0) is 27.2 Å². The summed E-state index contributed by atoms with van der Waals surface area (Å²) in [6, 6.07) is 6.34. The number of carboxylic acids is 1. The van der Waals surface area contributed by atoms with Gasteiger partial charge >= 0.3 is 5.97 Å². The van der Waals surface area contributed by atoms with Crippen LogP contribution in [0.15, 0.2) is 24.3 Å².